The van der Waals surface area contributed by atoms with Crippen LogP contribution in [0.4, 0.5) is 5.82 Å². The van der Waals surface area contributed by atoms with Crippen LogP contribution < -0.4 is 11.1 Å². The van der Waals surface area contributed by atoms with Crippen LogP contribution in [0.25, 0.3) is 10.3 Å². The maximum Gasteiger partial charge on any atom is 0.258 e. The molecule has 0 fully saturated rings. The third-order valence-electron chi connectivity index (χ3n) is 1.84. The lowest BCUT2D eigenvalue weighted by Crippen LogP contribution is -2.08. The number of thiophene rings is 1. The minimum Gasteiger partial charge on any atom is -0.369 e. The summed E-state index contributed by atoms with van der Waals surface area (Å²) in [4.78, 5) is 20.6. The van der Waals surface area contributed by atoms with Gasteiger partial charge in [-0.05, 0) is 13.0 Å². The molecule has 0 radical (unpaired) electrons. The van der Waals surface area contributed by atoms with Gasteiger partial charge >= 0.3 is 0 Å². The van der Waals surface area contributed by atoms with Gasteiger partial charge < -0.3 is 11.1 Å². The summed E-state index contributed by atoms with van der Waals surface area (Å²) in [6.45, 7) is 2.77. The van der Waals surface area contributed by atoms with E-state index in [0.29, 0.717) is 16.2 Å². The Balaban J connectivity index is 2.47. The molecule has 2 aromatic heterocycles. The Bertz CT molecular complexity index is 508. The number of carbonyl (C=O) groups is 1. The Hall–Kier alpha value is -1.69. The zero-order valence-electron chi connectivity index (χ0n) is 8.15. The molecule has 2 heterocycles. The third-order valence-corrected chi connectivity index (χ3v) is 2.89. The van der Waals surface area contributed by atoms with E-state index >= 15 is 0 Å². The van der Waals surface area contributed by atoms with Crippen molar-refractivity contribution in [3.05, 3.63) is 17.1 Å². The molecule has 78 valence electrons. The number of aromatic nitrogens is 2. The number of nitrogens with two attached hydrogens (primary N) is 1. The number of rotatable bonds is 3. The molecule has 0 aliphatic heterocycles. The average Bonchev–Trinajstić information content (AvgIpc) is 2.61. The van der Waals surface area contributed by atoms with Crippen molar-refractivity contribution in [2.24, 2.45) is 5.73 Å². The van der Waals surface area contributed by atoms with Crippen LogP contribution in [0.15, 0.2) is 12.3 Å². The molecule has 2 aromatic rings. The Morgan fingerprint density at radius 1 is 1.67 bits per heavy atom. The summed E-state index contributed by atoms with van der Waals surface area (Å²) in [5, 5.41) is 3.05. The summed E-state index contributed by atoms with van der Waals surface area (Å²) >= 11 is 1.26. The van der Waals surface area contributed by atoms with E-state index in [1.54, 1.807) is 12.3 Å². The largest absolute Gasteiger partial charge is 0.369 e. The highest BCUT2D eigenvalue weighted by molar-refractivity contribution is 7.20. The first kappa shape index (κ1) is 9.85. The smallest absolute Gasteiger partial charge is 0.258 e. The molecule has 0 unspecified atom stereocenters. The number of nitrogens with zero attached hydrogens (tertiary/aromatic N) is 2. The van der Waals surface area contributed by atoms with E-state index in [2.05, 4.69) is 15.3 Å². The maximum absolute atomic E-state index is 10.9. The van der Waals surface area contributed by atoms with Gasteiger partial charge in [-0.2, -0.15) is 0 Å². The van der Waals surface area contributed by atoms with Gasteiger partial charge in [0.2, 0.25) is 0 Å². The second-order valence-electron chi connectivity index (χ2n) is 2.95. The quantitative estimate of drug-likeness (QED) is 0.818. The predicted molar refractivity (Wildman–Crippen MR) is 60.1 cm³/mol. The topological polar surface area (TPSA) is 80.9 Å². The van der Waals surface area contributed by atoms with Gasteiger partial charge in [-0.15, -0.1) is 11.3 Å². The van der Waals surface area contributed by atoms with E-state index in [1.165, 1.54) is 11.3 Å². The molecule has 0 saturated carbocycles. The molecule has 2 rings (SSSR count). The first-order valence-corrected chi connectivity index (χ1v) is 5.32. The number of amides is 1. The number of anilines is 1. The number of carbonyl (C=O) groups excluding carboxylic acids is 1. The van der Waals surface area contributed by atoms with Gasteiger partial charge in [-0.25, -0.2) is 9.97 Å². The molecule has 0 spiro atoms. The van der Waals surface area contributed by atoms with E-state index in [1.807, 2.05) is 6.92 Å². The minimum atomic E-state index is -0.440. The number of nitrogens with one attached hydrogen (secondary N) is 1. The maximum atomic E-state index is 10.9. The molecule has 0 bridgehead atoms. The number of primary amides is 1. The number of hydrogen-bond donors (Lipinski definition) is 2. The second kappa shape index (κ2) is 3.82. The molecule has 0 aromatic carbocycles. The zero-order chi connectivity index (χ0) is 10.8. The van der Waals surface area contributed by atoms with E-state index in [-0.39, 0.29) is 0 Å². The van der Waals surface area contributed by atoms with Crippen molar-refractivity contribution in [3.8, 4) is 0 Å². The highest BCUT2D eigenvalue weighted by atomic mass is 32.1. The summed E-state index contributed by atoms with van der Waals surface area (Å²) in [7, 11) is 0. The van der Waals surface area contributed by atoms with Crippen molar-refractivity contribution < 1.29 is 4.79 Å². The second-order valence-corrected chi connectivity index (χ2v) is 3.98. The third kappa shape index (κ3) is 1.89. The normalized spacial score (nSPS) is 10.5. The summed E-state index contributed by atoms with van der Waals surface area (Å²) in [6, 6.07) is 1.66. The van der Waals surface area contributed by atoms with E-state index in [4.69, 9.17) is 5.73 Å². The van der Waals surface area contributed by atoms with Crippen molar-refractivity contribution in [3.63, 3.8) is 0 Å². The Labute approximate surface area is 90.3 Å². The molecule has 0 aliphatic carbocycles. The predicted octanol–water partition coefficient (Wildman–Crippen LogP) is 1.22. The summed E-state index contributed by atoms with van der Waals surface area (Å²) in [5.41, 5.74) is 5.88. The van der Waals surface area contributed by atoms with Crippen molar-refractivity contribution in [1.82, 2.24) is 9.97 Å². The molecule has 3 N–H and O–H groups in total. The summed E-state index contributed by atoms with van der Waals surface area (Å²) < 4.78 is 0. The van der Waals surface area contributed by atoms with E-state index in [9.17, 15) is 4.79 Å². The van der Waals surface area contributed by atoms with Gasteiger partial charge in [0.1, 0.15) is 16.2 Å². The van der Waals surface area contributed by atoms with Crippen LogP contribution in [0.3, 0.4) is 0 Å². The average molecular weight is 222 g/mol. The van der Waals surface area contributed by atoms with Crippen LogP contribution in [-0.2, 0) is 0 Å². The van der Waals surface area contributed by atoms with Gasteiger partial charge in [0.05, 0.1) is 11.1 Å². The fourth-order valence-electron chi connectivity index (χ4n) is 1.21. The first-order valence-electron chi connectivity index (χ1n) is 4.51. The number of fused-ring (bicyclic) bond motifs is 1. The van der Waals surface area contributed by atoms with E-state index in [0.717, 1.165) is 11.4 Å². The van der Waals surface area contributed by atoms with Crippen LogP contribution in [-0.4, -0.2) is 22.4 Å². The monoisotopic (exact) mass is 222 g/mol. The molecular formula is C9H10N4OS. The van der Waals surface area contributed by atoms with Crippen LogP contribution >= 0.6 is 11.3 Å². The fraction of sp³-hybridized carbons (Fsp3) is 0.222. The molecular weight excluding hydrogens is 212 g/mol. The standard InChI is InChI=1S/C9H10N4OS/c1-2-11-7-4-12-9-5(13-7)3-6(15-9)8(10)14/h3-4H,2H2,1H3,(H2,10,14)(H,11,13). The van der Waals surface area contributed by atoms with Crippen molar-refractivity contribution >= 4 is 33.4 Å². The van der Waals surface area contributed by atoms with Gasteiger partial charge in [0, 0.05) is 6.54 Å². The lowest BCUT2D eigenvalue weighted by molar-refractivity contribution is 0.100. The van der Waals surface area contributed by atoms with E-state index < -0.39 is 5.91 Å². The molecule has 1 amide bonds. The Morgan fingerprint density at radius 2 is 2.47 bits per heavy atom. The highest BCUT2D eigenvalue weighted by Gasteiger charge is 2.08. The van der Waals surface area contributed by atoms with Crippen LogP contribution in [0.2, 0.25) is 0 Å². The Morgan fingerprint density at radius 3 is 3.13 bits per heavy atom. The van der Waals surface area contributed by atoms with Gasteiger partial charge in [0.15, 0.2) is 0 Å². The van der Waals surface area contributed by atoms with Crippen molar-refractivity contribution in [1.29, 1.82) is 0 Å². The first-order chi connectivity index (χ1) is 7.20. The number of hydrogen-bond acceptors (Lipinski definition) is 5. The minimum absolute atomic E-state index is 0.440. The van der Waals surface area contributed by atoms with Crippen LogP contribution in [0.5, 0.6) is 0 Å². The Kier molecular flexibility index (Phi) is 2.51. The fourth-order valence-corrected chi connectivity index (χ4v) is 2.00. The van der Waals surface area contributed by atoms with Gasteiger partial charge in [-0.3, -0.25) is 4.79 Å². The highest BCUT2D eigenvalue weighted by Crippen LogP contribution is 2.22. The van der Waals surface area contributed by atoms with Gasteiger partial charge in [0.25, 0.3) is 5.91 Å². The van der Waals surface area contributed by atoms with Crippen LogP contribution in [0.1, 0.15) is 16.6 Å². The lowest BCUT2D eigenvalue weighted by atomic mass is 10.4. The van der Waals surface area contributed by atoms with Crippen molar-refractivity contribution in [2.45, 2.75) is 6.92 Å². The van der Waals surface area contributed by atoms with Crippen LogP contribution in [0, 0.1) is 0 Å². The summed E-state index contributed by atoms with van der Waals surface area (Å²) in [6.07, 6.45) is 1.65. The van der Waals surface area contributed by atoms with Gasteiger partial charge in [-0.1, -0.05) is 0 Å². The SMILES string of the molecule is CCNc1cnc2sc(C(N)=O)cc2n1. The molecule has 15 heavy (non-hydrogen) atoms. The molecule has 5 nitrogen and oxygen atoms in total. The molecule has 0 atom stereocenters. The lowest BCUT2D eigenvalue weighted by Gasteiger charge is -1.99. The zero-order valence-corrected chi connectivity index (χ0v) is 8.97. The molecule has 0 saturated heterocycles. The molecule has 0 aliphatic rings. The van der Waals surface area contributed by atoms with Crippen molar-refractivity contribution in [2.75, 3.05) is 11.9 Å². The molecule has 6 heteroatoms. The summed E-state index contributed by atoms with van der Waals surface area (Å²) in [5.74, 6) is 0.267.